The van der Waals surface area contributed by atoms with Crippen molar-refractivity contribution >= 4 is 11.9 Å². The van der Waals surface area contributed by atoms with Crippen molar-refractivity contribution in [1.82, 2.24) is 19.9 Å². The van der Waals surface area contributed by atoms with Gasteiger partial charge in [0, 0.05) is 12.6 Å². The Bertz CT molecular complexity index is 689. The fraction of sp³-hybridized carbons (Fsp3) is 0.467. The topological polar surface area (TPSA) is 75.6 Å². The Labute approximate surface area is 138 Å². The van der Waals surface area contributed by atoms with Gasteiger partial charge in [-0.3, -0.25) is 0 Å². The second kappa shape index (κ2) is 7.41. The molecule has 0 saturated heterocycles. The highest BCUT2D eigenvalue weighted by atomic mass is 19.4. The van der Waals surface area contributed by atoms with Crippen molar-refractivity contribution in [3.05, 3.63) is 23.9 Å². The predicted molar refractivity (Wildman–Crippen MR) is 85.6 cm³/mol. The summed E-state index contributed by atoms with van der Waals surface area (Å²) in [5, 5.41) is 6.04. The van der Waals surface area contributed by atoms with Gasteiger partial charge in [-0.05, 0) is 32.4 Å². The van der Waals surface area contributed by atoms with Crippen molar-refractivity contribution < 1.29 is 13.2 Å². The van der Waals surface area contributed by atoms with Gasteiger partial charge in [-0.2, -0.15) is 28.1 Å². The van der Waals surface area contributed by atoms with Crippen LogP contribution < -0.4 is 10.6 Å². The van der Waals surface area contributed by atoms with E-state index in [-0.39, 0.29) is 23.5 Å². The third-order valence-electron chi connectivity index (χ3n) is 3.23. The van der Waals surface area contributed by atoms with Crippen LogP contribution in [-0.4, -0.2) is 32.5 Å². The molecule has 2 aromatic heterocycles. The molecule has 2 heterocycles. The van der Waals surface area contributed by atoms with E-state index < -0.39 is 11.9 Å². The Morgan fingerprint density at radius 2 is 1.75 bits per heavy atom. The van der Waals surface area contributed by atoms with Crippen LogP contribution in [-0.2, 0) is 6.18 Å². The van der Waals surface area contributed by atoms with Crippen LogP contribution >= 0.6 is 0 Å². The van der Waals surface area contributed by atoms with Gasteiger partial charge in [-0.15, -0.1) is 0 Å². The molecule has 130 valence electrons. The minimum Gasteiger partial charge on any atom is -0.354 e. The van der Waals surface area contributed by atoms with E-state index in [1.165, 1.54) is 12.1 Å². The van der Waals surface area contributed by atoms with Crippen LogP contribution in [0.5, 0.6) is 0 Å². The van der Waals surface area contributed by atoms with Crippen LogP contribution in [0.4, 0.5) is 25.1 Å². The number of rotatable bonds is 6. The molecule has 24 heavy (non-hydrogen) atoms. The Balaban J connectivity index is 2.45. The molecule has 9 heteroatoms. The summed E-state index contributed by atoms with van der Waals surface area (Å²) in [4.78, 5) is 16.2. The molecular weight excluding hydrogens is 321 g/mol. The number of nitrogens with zero attached hydrogens (tertiary/aromatic N) is 4. The highest BCUT2D eigenvalue weighted by Crippen LogP contribution is 2.29. The lowest BCUT2D eigenvalue weighted by Crippen LogP contribution is -2.17. The molecule has 0 aliphatic rings. The van der Waals surface area contributed by atoms with Gasteiger partial charge in [-0.25, -0.2) is 4.98 Å². The van der Waals surface area contributed by atoms with Crippen molar-refractivity contribution in [3.63, 3.8) is 0 Å². The van der Waals surface area contributed by atoms with Gasteiger partial charge in [0.2, 0.25) is 11.9 Å². The van der Waals surface area contributed by atoms with Gasteiger partial charge in [-0.1, -0.05) is 13.0 Å². The molecule has 0 unspecified atom stereocenters. The fourth-order valence-corrected chi connectivity index (χ4v) is 1.83. The molecule has 0 aromatic carbocycles. The Morgan fingerprint density at radius 1 is 1.04 bits per heavy atom. The van der Waals surface area contributed by atoms with Crippen LogP contribution in [0.2, 0.25) is 0 Å². The van der Waals surface area contributed by atoms with E-state index in [9.17, 15) is 13.2 Å². The first-order valence-corrected chi connectivity index (χ1v) is 7.64. The number of alkyl halides is 3. The molecule has 0 aliphatic heterocycles. The smallest absolute Gasteiger partial charge is 0.354 e. The average molecular weight is 340 g/mol. The summed E-state index contributed by atoms with van der Waals surface area (Å²) in [6.45, 7) is 6.40. The first-order chi connectivity index (χ1) is 11.3. The molecular formula is C15H19F3N6. The average Bonchev–Trinajstić information content (AvgIpc) is 2.54. The van der Waals surface area contributed by atoms with Crippen LogP contribution in [0, 0.1) is 0 Å². The highest BCUT2D eigenvalue weighted by Gasteiger charge is 2.32. The van der Waals surface area contributed by atoms with Crippen molar-refractivity contribution in [2.24, 2.45) is 0 Å². The molecule has 6 nitrogen and oxygen atoms in total. The summed E-state index contributed by atoms with van der Waals surface area (Å²) in [6, 6.07) is 3.75. The summed E-state index contributed by atoms with van der Waals surface area (Å²) in [7, 11) is 0. The van der Waals surface area contributed by atoms with Crippen LogP contribution in [0.25, 0.3) is 11.5 Å². The SMILES string of the molecule is CCNc1nc(N[C@H](C)CC)nc(-c2cccc(C(F)(F)F)n2)n1. The van der Waals surface area contributed by atoms with Gasteiger partial charge >= 0.3 is 6.18 Å². The van der Waals surface area contributed by atoms with Gasteiger partial charge in [0.15, 0.2) is 5.82 Å². The zero-order valence-electron chi connectivity index (χ0n) is 13.6. The standard InChI is InChI=1S/C15H19F3N6/c1-4-9(3)20-14-23-12(22-13(24-14)19-5-2)10-7-6-8-11(21-10)15(16,17)18/h6-9H,4-5H2,1-3H3,(H2,19,20,22,23,24)/t9-/m1/s1. The maximum absolute atomic E-state index is 12.8. The number of aromatic nitrogens is 4. The lowest BCUT2D eigenvalue weighted by atomic mass is 10.2. The predicted octanol–water partition coefficient (Wildman–Crippen LogP) is 3.59. The number of anilines is 2. The van der Waals surface area contributed by atoms with E-state index in [1.807, 2.05) is 20.8 Å². The summed E-state index contributed by atoms with van der Waals surface area (Å²) in [6.07, 6.45) is -3.68. The van der Waals surface area contributed by atoms with Crippen molar-refractivity contribution in [2.75, 3.05) is 17.2 Å². The zero-order valence-corrected chi connectivity index (χ0v) is 13.6. The first kappa shape index (κ1) is 17.9. The van der Waals surface area contributed by atoms with Gasteiger partial charge in [0.05, 0.1) is 0 Å². The van der Waals surface area contributed by atoms with Crippen molar-refractivity contribution in [1.29, 1.82) is 0 Å². The van der Waals surface area contributed by atoms with E-state index in [4.69, 9.17) is 0 Å². The summed E-state index contributed by atoms with van der Waals surface area (Å²) < 4.78 is 38.5. The van der Waals surface area contributed by atoms with E-state index in [2.05, 4.69) is 30.6 Å². The summed E-state index contributed by atoms with van der Waals surface area (Å²) >= 11 is 0. The van der Waals surface area contributed by atoms with Crippen LogP contribution in [0.3, 0.4) is 0 Å². The van der Waals surface area contributed by atoms with Crippen LogP contribution in [0.15, 0.2) is 18.2 Å². The lowest BCUT2D eigenvalue weighted by Gasteiger charge is -2.13. The third-order valence-corrected chi connectivity index (χ3v) is 3.23. The molecule has 2 rings (SSSR count). The molecule has 0 spiro atoms. The van der Waals surface area contributed by atoms with Crippen molar-refractivity contribution in [2.45, 2.75) is 39.4 Å². The first-order valence-electron chi connectivity index (χ1n) is 7.64. The number of halogens is 3. The minimum atomic E-state index is -4.52. The summed E-state index contributed by atoms with van der Waals surface area (Å²) in [5.74, 6) is 0.662. The number of hydrogen-bond acceptors (Lipinski definition) is 6. The molecule has 0 amide bonds. The zero-order chi connectivity index (χ0) is 17.7. The quantitative estimate of drug-likeness (QED) is 0.837. The van der Waals surface area contributed by atoms with E-state index in [1.54, 1.807) is 0 Å². The van der Waals surface area contributed by atoms with E-state index >= 15 is 0 Å². The molecule has 0 saturated carbocycles. The van der Waals surface area contributed by atoms with Gasteiger partial charge in [0.25, 0.3) is 0 Å². The minimum absolute atomic E-state index is 0.0404. The fourth-order valence-electron chi connectivity index (χ4n) is 1.83. The Kier molecular flexibility index (Phi) is 5.53. The molecule has 2 N–H and O–H groups in total. The number of pyridine rings is 1. The van der Waals surface area contributed by atoms with E-state index in [0.29, 0.717) is 12.5 Å². The number of nitrogens with one attached hydrogen (secondary N) is 2. The summed E-state index contributed by atoms with van der Waals surface area (Å²) in [5.41, 5.74) is -0.944. The molecule has 0 fully saturated rings. The normalized spacial score (nSPS) is 12.8. The largest absolute Gasteiger partial charge is 0.433 e. The third kappa shape index (κ3) is 4.53. The lowest BCUT2D eigenvalue weighted by molar-refractivity contribution is -0.141. The van der Waals surface area contributed by atoms with Gasteiger partial charge < -0.3 is 10.6 Å². The van der Waals surface area contributed by atoms with Crippen LogP contribution in [0.1, 0.15) is 32.9 Å². The monoisotopic (exact) mass is 340 g/mol. The van der Waals surface area contributed by atoms with E-state index in [0.717, 1.165) is 12.5 Å². The molecule has 0 radical (unpaired) electrons. The molecule has 2 aromatic rings. The molecule has 0 aliphatic carbocycles. The second-order valence-corrected chi connectivity index (χ2v) is 5.20. The molecule has 1 atom stereocenters. The van der Waals surface area contributed by atoms with Crippen molar-refractivity contribution in [3.8, 4) is 11.5 Å². The Morgan fingerprint density at radius 3 is 2.38 bits per heavy atom. The molecule has 0 bridgehead atoms. The maximum atomic E-state index is 12.8. The number of hydrogen-bond donors (Lipinski definition) is 2. The second-order valence-electron chi connectivity index (χ2n) is 5.20. The van der Waals surface area contributed by atoms with Gasteiger partial charge in [0.1, 0.15) is 11.4 Å². The highest BCUT2D eigenvalue weighted by molar-refractivity contribution is 5.54. The Hall–Kier alpha value is -2.45. The maximum Gasteiger partial charge on any atom is 0.433 e.